The molecule has 0 aliphatic heterocycles. The van der Waals surface area contributed by atoms with Crippen molar-refractivity contribution in [1.29, 1.82) is 0 Å². The molecule has 0 saturated heterocycles. The second-order valence-electron chi connectivity index (χ2n) is 6.14. The lowest BCUT2D eigenvalue weighted by Crippen LogP contribution is -2.17. The zero-order valence-corrected chi connectivity index (χ0v) is 16.0. The van der Waals surface area contributed by atoms with E-state index in [1.165, 1.54) is 11.3 Å². The van der Waals surface area contributed by atoms with Crippen LogP contribution < -0.4 is 10.9 Å². The fraction of sp³-hybridized carbons (Fsp3) is 0.316. The zero-order chi connectivity index (χ0) is 18.8. The number of nitrogens with zero attached hydrogens (tertiary/aromatic N) is 1. The summed E-state index contributed by atoms with van der Waals surface area (Å²) >= 11 is 1.19. The molecular formula is C19H21N3O3S. The highest BCUT2D eigenvalue weighted by atomic mass is 32.1. The van der Waals surface area contributed by atoms with Gasteiger partial charge in [-0.05, 0) is 51.0 Å². The monoisotopic (exact) mass is 371 g/mol. The summed E-state index contributed by atoms with van der Waals surface area (Å²) in [5, 5.41) is 3.78. The third-order valence-corrected chi connectivity index (χ3v) is 5.26. The molecule has 1 atom stereocenters. The van der Waals surface area contributed by atoms with E-state index < -0.39 is 5.97 Å². The molecule has 0 radical (unpaired) electrons. The molecule has 6 nitrogen and oxygen atoms in total. The summed E-state index contributed by atoms with van der Waals surface area (Å²) in [5.74, 6) is 0.112. The molecule has 3 rings (SSSR count). The summed E-state index contributed by atoms with van der Waals surface area (Å²) in [7, 11) is 0. The Morgan fingerprint density at radius 2 is 2.15 bits per heavy atom. The molecule has 1 aromatic carbocycles. The second-order valence-corrected chi connectivity index (χ2v) is 7.14. The summed E-state index contributed by atoms with van der Waals surface area (Å²) in [6.45, 7) is 7.74. The molecule has 0 spiro atoms. The zero-order valence-electron chi connectivity index (χ0n) is 15.2. The maximum Gasteiger partial charge on any atom is 0.348 e. The van der Waals surface area contributed by atoms with E-state index in [1.807, 2.05) is 38.1 Å². The largest absolute Gasteiger partial charge is 0.462 e. The molecule has 0 amide bonds. The molecule has 2 N–H and O–H groups in total. The number of benzene rings is 1. The van der Waals surface area contributed by atoms with E-state index in [1.54, 1.807) is 13.8 Å². The number of aromatic nitrogens is 2. The molecule has 136 valence electrons. The van der Waals surface area contributed by atoms with Gasteiger partial charge in [0.1, 0.15) is 15.5 Å². The number of esters is 1. The van der Waals surface area contributed by atoms with E-state index in [-0.39, 0.29) is 11.6 Å². The molecule has 0 unspecified atom stereocenters. The maximum atomic E-state index is 12.6. The highest BCUT2D eigenvalue weighted by Crippen LogP contribution is 2.28. The standard InChI is InChI=1S/C19H21N3O3S/c1-5-25-19(24)15-11(3)14-17(23)21-16(22-18(14)26-15)12(4)20-13-8-6-7-10(2)9-13/h6-9,12,20H,5H2,1-4H3,(H,21,22,23)/t12-/m1/s1. The molecule has 0 aliphatic rings. The van der Waals surface area contributed by atoms with Gasteiger partial charge in [-0.3, -0.25) is 4.79 Å². The van der Waals surface area contributed by atoms with Gasteiger partial charge in [-0.25, -0.2) is 9.78 Å². The molecule has 26 heavy (non-hydrogen) atoms. The van der Waals surface area contributed by atoms with E-state index >= 15 is 0 Å². The molecule has 0 aliphatic carbocycles. The fourth-order valence-corrected chi connectivity index (χ4v) is 3.89. The number of nitrogens with one attached hydrogen (secondary N) is 2. The SMILES string of the molecule is CCOC(=O)c1sc2nc([C@@H](C)Nc3cccc(C)c3)[nH]c(=O)c2c1C. The van der Waals surface area contributed by atoms with Gasteiger partial charge < -0.3 is 15.0 Å². The van der Waals surface area contributed by atoms with Gasteiger partial charge in [-0.1, -0.05) is 12.1 Å². The molecule has 2 heterocycles. The van der Waals surface area contributed by atoms with Crippen molar-refractivity contribution in [2.45, 2.75) is 33.7 Å². The third-order valence-electron chi connectivity index (χ3n) is 4.09. The van der Waals surface area contributed by atoms with E-state index in [4.69, 9.17) is 4.74 Å². The average molecular weight is 371 g/mol. The number of carbonyl (C=O) groups is 1. The minimum absolute atomic E-state index is 0.192. The van der Waals surface area contributed by atoms with Crippen molar-refractivity contribution in [2.75, 3.05) is 11.9 Å². The highest BCUT2D eigenvalue weighted by Gasteiger charge is 2.21. The number of rotatable bonds is 5. The first kappa shape index (κ1) is 18.1. The van der Waals surface area contributed by atoms with Crippen LogP contribution in [0, 0.1) is 13.8 Å². The summed E-state index contributed by atoms with van der Waals surface area (Å²) < 4.78 is 5.07. The number of carbonyl (C=O) groups excluding carboxylic acids is 1. The Bertz CT molecular complexity index is 1020. The van der Waals surface area contributed by atoms with Gasteiger partial charge in [0.2, 0.25) is 0 Å². The minimum Gasteiger partial charge on any atom is -0.462 e. The van der Waals surface area contributed by atoms with Crippen LogP contribution in [-0.2, 0) is 4.74 Å². The molecule has 3 aromatic rings. The predicted octanol–water partition coefficient (Wildman–Crippen LogP) is 3.95. The molecule has 2 aromatic heterocycles. The maximum absolute atomic E-state index is 12.6. The fourth-order valence-electron chi connectivity index (χ4n) is 2.81. The number of ether oxygens (including phenoxy) is 1. The van der Waals surface area contributed by atoms with Crippen LogP contribution in [0.2, 0.25) is 0 Å². The molecule has 0 fully saturated rings. The number of hydrogen-bond donors (Lipinski definition) is 2. The smallest absolute Gasteiger partial charge is 0.348 e. The van der Waals surface area contributed by atoms with Gasteiger partial charge in [-0.15, -0.1) is 11.3 Å². The average Bonchev–Trinajstić information content (AvgIpc) is 2.92. The van der Waals surface area contributed by atoms with Crippen LogP contribution >= 0.6 is 11.3 Å². The van der Waals surface area contributed by atoms with Gasteiger partial charge in [0, 0.05) is 5.69 Å². The van der Waals surface area contributed by atoms with Crippen LogP contribution in [0.3, 0.4) is 0 Å². The second kappa shape index (κ2) is 7.29. The first-order chi connectivity index (χ1) is 12.4. The number of anilines is 1. The lowest BCUT2D eigenvalue weighted by molar-refractivity contribution is 0.0531. The van der Waals surface area contributed by atoms with Gasteiger partial charge in [-0.2, -0.15) is 0 Å². The Labute approximate surface area is 155 Å². The molecule has 7 heteroatoms. The number of aromatic amines is 1. The Kier molecular flexibility index (Phi) is 5.08. The van der Waals surface area contributed by atoms with Crippen molar-refractivity contribution in [3.05, 3.63) is 56.4 Å². The topological polar surface area (TPSA) is 84.1 Å². The van der Waals surface area contributed by atoms with E-state index in [9.17, 15) is 9.59 Å². The minimum atomic E-state index is -0.417. The van der Waals surface area contributed by atoms with E-state index in [2.05, 4.69) is 15.3 Å². The normalized spacial score (nSPS) is 12.2. The van der Waals surface area contributed by atoms with Gasteiger partial charge >= 0.3 is 5.97 Å². The Morgan fingerprint density at radius 1 is 1.38 bits per heavy atom. The van der Waals surface area contributed by atoms with Crippen LogP contribution in [-0.4, -0.2) is 22.5 Å². The number of thiophene rings is 1. The van der Waals surface area contributed by atoms with Gasteiger partial charge in [0.15, 0.2) is 0 Å². The van der Waals surface area contributed by atoms with E-state index in [0.29, 0.717) is 33.1 Å². The van der Waals surface area contributed by atoms with Crippen LogP contribution in [0.15, 0.2) is 29.1 Å². The molecule has 0 saturated carbocycles. The van der Waals surface area contributed by atoms with Crippen molar-refractivity contribution in [3.63, 3.8) is 0 Å². The van der Waals surface area contributed by atoms with Crippen molar-refractivity contribution < 1.29 is 9.53 Å². The number of H-pyrrole nitrogens is 1. The lowest BCUT2D eigenvalue weighted by Gasteiger charge is -2.14. The first-order valence-electron chi connectivity index (χ1n) is 8.44. The summed E-state index contributed by atoms with van der Waals surface area (Å²) in [6.07, 6.45) is 0. The van der Waals surface area contributed by atoms with Crippen molar-refractivity contribution in [2.24, 2.45) is 0 Å². The van der Waals surface area contributed by atoms with E-state index in [0.717, 1.165) is 11.3 Å². The van der Waals surface area contributed by atoms with Gasteiger partial charge in [0.25, 0.3) is 5.56 Å². The Hall–Kier alpha value is -2.67. The summed E-state index contributed by atoms with van der Waals surface area (Å²) in [5.41, 5.74) is 2.47. The molecular weight excluding hydrogens is 350 g/mol. The lowest BCUT2D eigenvalue weighted by atomic mass is 10.2. The van der Waals surface area contributed by atoms with Gasteiger partial charge in [0.05, 0.1) is 18.0 Å². The first-order valence-corrected chi connectivity index (χ1v) is 9.26. The summed E-state index contributed by atoms with van der Waals surface area (Å²) in [4.78, 5) is 33.0. The summed E-state index contributed by atoms with van der Waals surface area (Å²) in [6, 6.07) is 7.79. The van der Waals surface area contributed by atoms with Crippen molar-refractivity contribution in [1.82, 2.24) is 9.97 Å². The number of aryl methyl sites for hydroxylation is 2. The quantitative estimate of drug-likeness (QED) is 0.664. The van der Waals surface area contributed by atoms with Crippen LogP contribution in [0.25, 0.3) is 10.2 Å². The Morgan fingerprint density at radius 3 is 2.85 bits per heavy atom. The number of hydrogen-bond acceptors (Lipinski definition) is 6. The molecule has 0 bridgehead atoms. The third kappa shape index (κ3) is 3.48. The van der Waals surface area contributed by atoms with Crippen molar-refractivity contribution >= 4 is 33.2 Å². The Balaban J connectivity index is 1.97. The highest BCUT2D eigenvalue weighted by molar-refractivity contribution is 7.20. The van der Waals surface area contributed by atoms with Crippen LogP contribution in [0.4, 0.5) is 5.69 Å². The van der Waals surface area contributed by atoms with Crippen LogP contribution in [0.1, 0.15) is 46.5 Å². The number of fused-ring (bicyclic) bond motifs is 1. The van der Waals surface area contributed by atoms with Crippen LogP contribution in [0.5, 0.6) is 0 Å². The van der Waals surface area contributed by atoms with Crippen molar-refractivity contribution in [3.8, 4) is 0 Å². The predicted molar refractivity (Wildman–Crippen MR) is 104 cm³/mol.